The third-order valence-electron chi connectivity index (χ3n) is 3.18. The maximum absolute atomic E-state index is 10.9. The van der Waals surface area contributed by atoms with Gasteiger partial charge in [-0.25, -0.2) is 4.79 Å². The quantitative estimate of drug-likeness (QED) is 0.743. The highest BCUT2D eigenvalue weighted by Crippen LogP contribution is 2.26. The summed E-state index contributed by atoms with van der Waals surface area (Å²) in [5, 5.41) is 28.6. The molecule has 7 heteroatoms. The number of hydrogen-bond acceptors (Lipinski definition) is 6. The van der Waals surface area contributed by atoms with Gasteiger partial charge in [0.1, 0.15) is 11.9 Å². The molecular formula is C16H16O6S. The van der Waals surface area contributed by atoms with Crippen molar-refractivity contribution in [3.63, 3.8) is 0 Å². The Balaban J connectivity index is 2.08. The zero-order chi connectivity index (χ0) is 17.0. The van der Waals surface area contributed by atoms with Gasteiger partial charge in [-0.15, -0.1) is 0 Å². The number of aliphatic hydroxyl groups excluding tert-OH is 2. The smallest absolute Gasteiger partial charge is 0.371 e. The van der Waals surface area contributed by atoms with Crippen LogP contribution in [0.2, 0.25) is 0 Å². The highest BCUT2D eigenvalue weighted by atomic mass is 32.2. The van der Waals surface area contributed by atoms with E-state index in [0.717, 1.165) is 11.8 Å². The Labute approximate surface area is 136 Å². The van der Waals surface area contributed by atoms with Crippen LogP contribution in [0.4, 0.5) is 0 Å². The fourth-order valence-corrected chi connectivity index (χ4v) is 2.56. The van der Waals surface area contributed by atoms with E-state index in [1.165, 1.54) is 13.0 Å². The number of thioether (sulfide) groups is 1. The average molecular weight is 336 g/mol. The molecule has 0 saturated heterocycles. The number of carboxylic acids is 1. The Kier molecular flexibility index (Phi) is 5.59. The number of rotatable bonds is 6. The van der Waals surface area contributed by atoms with Gasteiger partial charge in [-0.3, -0.25) is 4.79 Å². The van der Waals surface area contributed by atoms with E-state index in [-0.39, 0.29) is 16.6 Å². The number of aliphatic hydroxyl groups is 2. The Morgan fingerprint density at radius 3 is 2.30 bits per heavy atom. The van der Waals surface area contributed by atoms with Gasteiger partial charge in [0.05, 0.1) is 6.10 Å². The summed E-state index contributed by atoms with van der Waals surface area (Å²) in [5.41, 5.74) is 1.15. The van der Waals surface area contributed by atoms with Crippen LogP contribution in [-0.2, 0) is 4.79 Å². The Morgan fingerprint density at radius 2 is 1.78 bits per heavy atom. The van der Waals surface area contributed by atoms with Crippen LogP contribution < -0.4 is 0 Å². The van der Waals surface area contributed by atoms with E-state index in [0.29, 0.717) is 16.9 Å². The van der Waals surface area contributed by atoms with E-state index in [1.807, 2.05) is 0 Å². The van der Waals surface area contributed by atoms with Crippen molar-refractivity contribution in [2.75, 3.05) is 5.75 Å². The monoisotopic (exact) mass is 336 g/mol. The SMILES string of the molecule is CC(=O)SCC(O)C(O)c1ccc(-c2ccc(C(=O)O)o2)cc1. The highest BCUT2D eigenvalue weighted by Gasteiger charge is 2.19. The summed E-state index contributed by atoms with van der Waals surface area (Å²) in [6.07, 6.45) is -2.17. The van der Waals surface area contributed by atoms with Gasteiger partial charge in [-0.2, -0.15) is 0 Å². The predicted octanol–water partition coefficient (Wildman–Crippen LogP) is 2.32. The van der Waals surface area contributed by atoms with Crippen LogP contribution in [-0.4, -0.2) is 38.3 Å². The molecule has 23 heavy (non-hydrogen) atoms. The number of furan rings is 1. The Bertz CT molecular complexity index is 691. The van der Waals surface area contributed by atoms with Crippen molar-refractivity contribution in [1.29, 1.82) is 0 Å². The molecule has 1 aromatic carbocycles. The minimum Gasteiger partial charge on any atom is -0.475 e. The minimum absolute atomic E-state index is 0.110. The van der Waals surface area contributed by atoms with Gasteiger partial charge in [0, 0.05) is 18.2 Å². The first kappa shape index (κ1) is 17.3. The standard InChI is InChI=1S/C16H16O6S/c1-9(17)23-8-12(18)15(19)11-4-2-10(3-5-11)13-6-7-14(22-13)16(20)21/h2-7,12,15,18-19H,8H2,1H3,(H,20,21). The van der Waals surface area contributed by atoms with Crippen LogP contribution in [0.1, 0.15) is 29.1 Å². The molecular weight excluding hydrogens is 320 g/mol. The molecule has 2 unspecified atom stereocenters. The molecule has 2 aromatic rings. The number of carbonyl (C=O) groups is 2. The van der Waals surface area contributed by atoms with Crippen LogP contribution in [0.3, 0.4) is 0 Å². The second-order valence-electron chi connectivity index (χ2n) is 4.91. The van der Waals surface area contributed by atoms with Crippen LogP contribution in [0, 0.1) is 0 Å². The van der Waals surface area contributed by atoms with Crippen molar-refractivity contribution in [3.05, 3.63) is 47.7 Å². The van der Waals surface area contributed by atoms with E-state index < -0.39 is 18.2 Å². The molecule has 0 radical (unpaired) electrons. The normalized spacial score (nSPS) is 13.5. The lowest BCUT2D eigenvalue weighted by Gasteiger charge is -2.17. The zero-order valence-electron chi connectivity index (χ0n) is 12.3. The molecule has 122 valence electrons. The van der Waals surface area contributed by atoms with Gasteiger partial charge >= 0.3 is 5.97 Å². The summed E-state index contributed by atoms with van der Waals surface area (Å²) >= 11 is 0.948. The van der Waals surface area contributed by atoms with Crippen LogP contribution in [0.5, 0.6) is 0 Å². The third kappa shape index (κ3) is 4.44. The molecule has 3 N–H and O–H groups in total. The van der Waals surface area contributed by atoms with Crippen molar-refractivity contribution in [2.24, 2.45) is 0 Å². The van der Waals surface area contributed by atoms with Gasteiger partial charge in [-0.1, -0.05) is 36.0 Å². The molecule has 0 fully saturated rings. The first-order valence-electron chi connectivity index (χ1n) is 6.81. The first-order valence-corrected chi connectivity index (χ1v) is 7.80. The molecule has 0 amide bonds. The molecule has 6 nitrogen and oxygen atoms in total. The average Bonchev–Trinajstić information content (AvgIpc) is 3.02. The van der Waals surface area contributed by atoms with E-state index >= 15 is 0 Å². The summed E-state index contributed by atoms with van der Waals surface area (Å²) in [6, 6.07) is 9.47. The van der Waals surface area contributed by atoms with Crippen LogP contribution in [0.15, 0.2) is 40.8 Å². The molecule has 0 aliphatic carbocycles. The predicted molar refractivity (Wildman–Crippen MR) is 85.2 cm³/mol. The number of hydrogen-bond donors (Lipinski definition) is 3. The maximum atomic E-state index is 10.9. The molecule has 1 aromatic heterocycles. The van der Waals surface area contributed by atoms with Gasteiger partial charge < -0.3 is 19.7 Å². The molecule has 0 bridgehead atoms. The zero-order valence-corrected chi connectivity index (χ0v) is 13.1. The van der Waals surface area contributed by atoms with E-state index in [1.54, 1.807) is 30.3 Å². The second-order valence-corrected chi connectivity index (χ2v) is 6.10. The summed E-state index contributed by atoms with van der Waals surface area (Å²) in [6.45, 7) is 1.40. The lowest BCUT2D eigenvalue weighted by Crippen LogP contribution is -2.21. The van der Waals surface area contributed by atoms with Gasteiger partial charge in [0.15, 0.2) is 5.12 Å². The van der Waals surface area contributed by atoms with Crippen molar-refractivity contribution in [1.82, 2.24) is 0 Å². The molecule has 2 atom stereocenters. The fourth-order valence-electron chi connectivity index (χ4n) is 1.97. The van der Waals surface area contributed by atoms with E-state index in [9.17, 15) is 19.8 Å². The largest absolute Gasteiger partial charge is 0.475 e. The van der Waals surface area contributed by atoms with E-state index in [4.69, 9.17) is 9.52 Å². The highest BCUT2D eigenvalue weighted by molar-refractivity contribution is 8.13. The summed E-state index contributed by atoms with van der Waals surface area (Å²) < 4.78 is 5.19. The number of carboxylic acid groups (broad SMARTS) is 1. The lowest BCUT2D eigenvalue weighted by molar-refractivity contribution is -0.109. The lowest BCUT2D eigenvalue weighted by atomic mass is 10.0. The summed E-state index contributed by atoms with van der Waals surface area (Å²) in [5.74, 6) is -0.787. The fraction of sp³-hybridized carbons (Fsp3) is 0.250. The molecule has 1 heterocycles. The topological polar surface area (TPSA) is 108 Å². The van der Waals surface area contributed by atoms with Crippen LogP contribution >= 0.6 is 11.8 Å². The van der Waals surface area contributed by atoms with Crippen LogP contribution in [0.25, 0.3) is 11.3 Å². The summed E-state index contributed by atoms with van der Waals surface area (Å²) in [4.78, 5) is 21.7. The third-order valence-corrected chi connectivity index (χ3v) is 4.09. The number of aromatic carboxylic acids is 1. The minimum atomic E-state index is -1.14. The maximum Gasteiger partial charge on any atom is 0.371 e. The Morgan fingerprint density at radius 1 is 1.13 bits per heavy atom. The van der Waals surface area contributed by atoms with Gasteiger partial charge in [0.2, 0.25) is 5.76 Å². The van der Waals surface area contributed by atoms with Crippen molar-refractivity contribution >= 4 is 22.8 Å². The van der Waals surface area contributed by atoms with Gasteiger partial charge in [-0.05, 0) is 17.7 Å². The van der Waals surface area contributed by atoms with E-state index in [2.05, 4.69) is 0 Å². The first-order chi connectivity index (χ1) is 10.9. The van der Waals surface area contributed by atoms with Crippen molar-refractivity contribution < 1.29 is 29.3 Å². The molecule has 0 spiro atoms. The van der Waals surface area contributed by atoms with Crippen molar-refractivity contribution in [2.45, 2.75) is 19.1 Å². The molecule has 0 saturated carbocycles. The number of benzene rings is 1. The number of carbonyl (C=O) groups excluding carboxylic acids is 1. The summed E-state index contributed by atoms with van der Waals surface area (Å²) in [7, 11) is 0. The molecule has 0 aliphatic heterocycles. The second kappa shape index (κ2) is 7.45. The molecule has 2 rings (SSSR count). The van der Waals surface area contributed by atoms with Crippen molar-refractivity contribution in [3.8, 4) is 11.3 Å². The Hall–Kier alpha value is -2.09. The molecule has 0 aliphatic rings. The van der Waals surface area contributed by atoms with Gasteiger partial charge in [0.25, 0.3) is 0 Å².